The van der Waals surface area contributed by atoms with Crippen molar-refractivity contribution in [3.8, 4) is 22.3 Å². The molecular weight excluding hydrogens is 1180 g/mol. The molecule has 0 unspecified atom stereocenters. The number of pyridine rings is 2. The van der Waals surface area contributed by atoms with Gasteiger partial charge in [-0.25, -0.2) is 9.97 Å². The number of alkyl halides is 1. The van der Waals surface area contributed by atoms with Crippen molar-refractivity contribution < 1.29 is 0 Å². The highest BCUT2D eigenvalue weighted by Crippen LogP contribution is 2.56. The topological polar surface area (TPSA) is 32.3 Å². The lowest BCUT2D eigenvalue weighted by Gasteiger charge is -2.30. The molecular formula is C83H71IN4. The van der Waals surface area contributed by atoms with Gasteiger partial charge in [-0.1, -0.05) is 216 Å². The van der Waals surface area contributed by atoms with Crippen molar-refractivity contribution in [3.05, 3.63) is 296 Å². The van der Waals surface area contributed by atoms with Crippen LogP contribution in [0.5, 0.6) is 0 Å². The third-order valence-corrected chi connectivity index (χ3v) is 20.5. The molecule has 0 spiro atoms. The fourth-order valence-electron chi connectivity index (χ4n) is 14.9. The molecule has 11 aromatic rings. The van der Waals surface area contributed by atoms with Gasteiger partial charge in [-0.2, -0.15) is 0 Å². The van der Waals surface area contributed by atoms with Gasteiger partial charge in [-0.05, 0) is 225 Å². The second-order valence-corrected chi connectivity index (χ2v) is 28.8. The Morgan fingerprint density at radius 1 is 0.386 bits per heavy atom. The minimum Gasteiger partial charge on any atom is -0.295 e. The fraction of sp³-hybridized carbons (Fsp3) is 0.181. The molecule has 0 fully saturated rings. The van der Waals surface area contributed by atoms with Crippen LogP contribution >= 0.6 is 22.6 Å². The maximum atomic E-state index is 5.23. The van der Waals surface area contributed by atoms with E-state index < -0.39 is 0 Å². The van der Waals surface area contributed by atoms with E-state index in [1.807, 2.05) is 0 Å². The van der Waals surface area contributed by atoms with Crippen molar-refractivity contribution >= 4 is 103 Å². The van der Waals surface area contributed by atoms with Gasteiger partial charge in [0.15, 0.2) is 0 Å². The Morgan fingerprint density at radius 2 is 0.784 bits per heavy atom. The first-order valence-electron chi connectivity index (χ1n) is 31.0. The number of benzene rings is 9. The van der Waals surface area contributed by atoms with Crippen LogP contribution < -0.4 is 9.80 Å². The van der Waals surface area contributed by atoms with Crippen LogP contribution in [0.25, 0.3) is 67.9 Å². The lowest BCUT2D eigenvalue weighted by molar-refractivity contribution is 0.651. The first-order chi connectivity index (χ1) is 42.3. The number of hydrogen-bond acceptors (Lipinski definition) is 4. The molecule has 0 amide bonds. The first-order valence-corrected chi connectivity index (χ1v) is 32.1. The smallest absolute Gasteiger partial charge is 0.138 e. The molecule has 4 aliphatic rings. The van der Waals surface area contributed by atoms with E-state index in [0.29, 0.717) is 0 Å². The number of aromatic nitrogens is 2. The summed E-state index contributed by atoms with van der Waals surface area (Å²) in [6.45, 7) is 23.1. The normalized spacial score (nSPS) is 17.1. The van der Waals surface area contributed by atoms with Crippen molar-refractivity contribution in [2.24, 2.45) is 0 Å². The maximum Gasteiger partial charge on any atom is 0.138 e. The molecule has 1 atom stereocenters. The SMILES string of the molecule is Cc1cc(C)cc(N(c2ccc3c(c2)C(C)(C)c2cc(/C=C/c4ccc5c(c4)C(C)(C)C4=C[C@](I)(/C=C/c6ccc7c(c6)C(C)(C)c6cc(N(c8cc(C)cc(C)c8)c8ccc9ccccc9n8)ccc6-7)CC=C45)ccc2-3)c2ccc3ccccc3n2)c1. The summed E-state index contributed by atoms with van der Waals surface area (Å²) < 4.78 is -0.171. The standard InChI is InChI=1S/C83H71IN4/c1-51-39-52(2)42-62(41-51)87(78-33-24-58-15-11-13-17-76(58)85-78)60-26-31-67-64-28-21-55(45-70(64)80(5,6)73(67)48-60)19-20-56-22-29-66-69-36-38-83(84,50-75(69)82(9,10)72(66)46-56)37-35-57-23-30-65-68-32-27-61(49-74(68)81(7,8)71(65)47-57)88(63-43-53(3)40-54(4)44-63)79-34-25-59-16-12-14-18-77(59)86-79/h11-37,39-50H,38H2,1-10H3/b20-19+,37-35+/t83-/m0/s1. The summed E-state index contributed by atoms with van der Waals surface area (Å²) in [6, 6.07) is 74.3. The van der Waals surface area contributed by atoms with Gasteiger partial charge in [0.25, 0.3) is 0 Å². The van der Waals surface area contributed by atoms with Gasteiger partial charge >= 0.3 is 0 Å². The van der Waals surface area contributed by atoms with E-state index in [1.54, 1.807) is 0 Å². The van der Waals surface area contributed by atoms with Crippen LogP contribution in [0.1, 0.15) is 120 Å². The van der Waals surface area contributed by atoms with E-state index in [0.717, 1.165) is 62.6 Å². The van der Waals surface area contributed by atoms with E-state index in [9.17, 15) is 0 Å². The maximum absolute atomic E-state index is 5.23. The molecule has 0 radical (unpaired) electrons. The molecule has 2 heterocycles. The van der Waals surface area contributed by atoms with E-state index in [4.69, 9.17) is 9.97 Å². The summed E-state index contributed by atoms with van der Waals surface area (Å²) in [7, 11) is 0. The van der Waals surface area contributed by atoms with E-state index in [1.165, 1.54) is 106 Å². The highest BCUT2D eigenvalue weighted by atomic mass is 127. The Bertz CT molecular complexity index is 4850. The van der Waals surface area contributed by atoms with Crippen LogP contribution in [0.2, 0.25) is 0 Å². The van der Waals surface area contributed by atoms with Crippen LogP contribution in [0.3, 0.4) is 0 Å². The lowest BCUT2D eigenvalue weighted by atomic mass is 9.78. The van der Waals surface area contributed by atoms with E-state index in [-0.39, 0.29) is 19.7 Å². The summed E-state index contributed by atoms with van der Waals surface area (Å²) >= 11 is 2.70. The fourth-order valence-corrected chi connectivity index (χ4v) is 15.7. The lowest BCUT2D eigenvalue weighted by Crippen LogP contribution is -2.23. The molecule has 9 aromatic carbocycles. The molecule has 88 heavy (non-hydrogen) atoms. The highest BCUT2D eigenvalue weighted by molar-refractivity contribution is 14.1. The van der Waals surface area contributed by atoms with Gasteiger partial charge < -0.3 is 0 Å². The Labute approximate surface area is 532 Å². The molecule has 15 rings (SSSR count). The summed E-state index contributed by atoms with van der Waals surface area (Å²) in [5.74, 6) is 1.81. The van der Waals surface area contributed by atoms with E-state index >= 15 is 0 Å². The molecule has 0 aliphatic heterocycles. The summed E-state index contributed by atoms with van der Waals surface area (Å²) in [5, 5.41) is 2.27. The first kappa shape index (κ1) is 55.7. The van der Waals surface area contributed by atoms with Crippen LogP contribution in [0, 0.1) is 27.7 Å². The van der Waals surface area contributed by atoms with Gasteiger partial charge in [-0.15, -0.1) is 0 Å². The van der Waals surface area contributed by atoms with Crippen LogP contribution in [0.15, 0.2) is 224 Å². The summed E-state index contributed by atoms with van der Waals surface area (Å²) in [4.78, 5) is 15.1. The Kier molecular flexibility index (Phi) is 13.0. The average Bonchev–Trinajstić information content (AvgIpc) is 1.67. The van der Waals surface area contributed by atoms with Crippen molar-refractivity contribution in [2.75, 3.05) is 9.80 Å². The predicted octanol–water partition coefficient (Wildman–Crippen LogP) is 22.6. The Hall–Kier alpha value is -8.91. The minimum absolute atomic E-state index is 0.156. The van der Waals surface area contributed by atoms with Gasteiger partial charge in [0.2, 0.25) is 0 Å². The highest BCUT2D eigenvalue weighted by Gasteiger charge is 2.43. The zero-order valence-electron chi connectivity index (χ0n) is 51.9. The predicted molar refractivity (Wildman–Crippen MR) is 382 cm³/mol. The third-order valence-electron chi connectivity index (χ3n) is 19.4. The number of nitrogens with zero attached hydrogens (tertiary/aromatic N) is 4. The summed E-state index contributed by atoms with van der Waals surface area (Å²) in [5.41, 5.74) is 30.5. The second kappa shape index (κ2) is 20.6. The largest absolute Gasteiger partial charge is 0.295 e. The number of rotatable bonds is 10. The number of allylic oxidation sites excluding steroid dienone is 5. The van der Waals surface area contributed by atoms with Gasteiger partial charge in [-0.3, -0.25) is 9.80 Å². The third kappa shape index (κ3) is 9.38. The molecule has 0 N–H and O–H groups in total. The number of para-hydroxylation sites is 2. The molecule has 4 nitrogen and oxygen atoms in total. The molecule has 0 bridgehead atoms. The summed E-state index contributed by atoms with van der Waals surface area (Å²) in [6.07, 6.45) is 15.4. The molecule has 2 aromatic heterocycles. The quantitative estimate of drug-likeness (QED) is 0.0776. The van der Waals surface area contributed by atoms with Crippen molar-refractivity contribution in [2.45, 2.75) is 95.3 Å². The number of hydrogen-bond donors (Lipinski definition) is 0. The average molecular weight is 1250 g/mol. The monoisotopic (exact) mass is 1250 g/mol. The number of fused-ring (bicyclic) bond motifs is 11. The Morgan fingerprint density at radius 3 is 1.25 bits per heavy atom. The van der Waals surface area contributed by atoms with Crippen LogP contribution in [-0.4, -0.2) is 13.4 Å². The van der Waals surface area contributed by atoms with Crippen molar-refractivity contribution in [3.63, 3.8) is 0 Å². The van der Waals surface area contributed by atoms with Gasteiger partial charge in [0, 0.05) is 49.8 Å². The van der Waals surface area contributed by atoms with Gasteiger partial charge in [0.1, 0.15) is 11.6 Å². The van der Waals surface area contributed by atoms with E-state index in [2.05, 4.69) is 338 Å². The number of aryl methyl sites for hydroxylation is 4. The number of anilines is 6. The molecule has 0 saturated heterocycles. The minimum atomic E-state index is -0.215. The van der Waals surface area contributed by atoms with Crippen molar-refractivity contribution in [1.29, 1.82) is 0 Å². The zero-order valence-corrected chi connectivity index (χ0v) is 54.0. The van der Waals surface area contributed by atoms with Crippen LogP contribution in [-0.2, 0) is 16.2 Å². The molecule has 4 aliphatic carbocycles. The Balaban J connectivity index is 0.672. The van der Waals surface area contributed by atoms with Crippen LogP contribution in [0.4, 0.5) is 34.4 Å². The second-order valence-electron chi connectivity index (χ2n) is 26.8. The van der Waals surface area contributed by atoms with Crippen molar-refractivity contribution in [1.82, 2.24) is 9.97 Å². The molecule has 5 heteroatoms. The zero-order chi connectivity index (χ0) is 60.6. The molecule has 0 saturated carbocycles. The number of halogens is 1. The molecule has 430 valence electrons. The van der Waals surface area contributed by atoms with Gasteiger partial charge in [0.05, 0.1) is 14.5 Å².